The Hall–Kier alpha value is -2.60. The zero-order valence-electron chi connectivity index (χ0n) is 18.1. The molecule has 0 amide bonds. The highest BCUT2D eigenvalue weighted by Crippen LogP contribution is 2.39. The van der Waals surface area contributed by atoms with Crippen LogP contribution < -0.4 is 4.78 Å². The molecule has 31 heavy (non-hydrogen) atoms. The monoisotopic (exact) mass is 426 g/mol. The predicted molar refractivity (Wildman–Crippen MR) is 130 cm³/mol. The lowest BCUT2D eigenvalue weighted by Gasteiger charge is -2.32. The van der Waals surface area contributed by atoms with Crippen molar-refractivity contribution in [3.8, 4) is 11.1 Å². The lowest BCUT2D eigenvalue weighted by atomic mass is 9.87. The van der Waals surface area contributed by atoms with Crippen molar-refractivity contribution in [3.05, 3.63) is 66.7 Å². The summed E-state index contributed by atoms with van der Waals surface area (Å²) in [5.41, 5.74) is 3.44. The molecular formula is C26H23BO3S. The van der Waals surface area contributed by atoms with Gasteiger partial charge >= 0.3 is 7.12 Å². The number of hydrogen-bond acceptors (Lipinski definition) is 4. The Morgan fingerprint density at radius 1 is 0.774 bits per heavy atom. The lowest BCUT2D eigenvalue weighted by molar-refractivity contribution is 0.00578. The molecule has 5 heteroatoms. The summed E-state index contributed by atoms with van der Waals surface area (Å²) in [7, 11) is -0.329. The first-order valence-corrected chi connectivity index (χ1v) is 11.4. The Bertz CT molecular complexity index is 1440. The number of rotatable bonds is 2. The zero-order chi connectivity index (χ0) is 21.4. The molecule has 0 saturated carbocycles. The molecule has 1 fully saturated rings. The molecule has 0 aliphatic carbocycles. The molecule has 2 aromatic heterocycles. The second-order valence-electron chi connectivity index (χ2n) is 9.27. The molecule has 6 rings (SSSR count). The van der Waals surface area contributed by atoms with Crippen LogP contribution in [0.5, 0.6) is 0 Å². The first kappa shape index (κ1) is 19.1. The molecule has 3 aromatic carbocycles. The van der Waals surface area contributed by atoms with Crippen LogP contribution in [0.4, 0.5) is 0 Å². The maximum Gasteiger partial charge on any atom is 0.505 e. The number of furan rings is 1. The highest BCUT2D eigenvalue weighted by Gasteiger charge is 2.52. The topological polar surface area (TPSA) is 31.6 Å². The van der Waals surface area contributed by atoms with E-state index in [0.29, 0.717) is 0 Å². The number of benzene rings is 3. The minimum absolute atomic E-state index is 0.329. The van der Waals surface area contributed by atoms with Crippen molar-refractivity contribution in [2.75, 3.05) is 0 Å². The van der Waals surface area contributed by atoms with Crippen molar-refractivity contribution in [2.24, 2.45) is 0 Å². The van der Waals surface area contributed by atoms with E-state index in [1.165, 1.54) is 10.1 Å². The van der Waals surface area contributed by atoms with Gasteiger partial charge in [-0.05, 0) is 62.9 Å². The van der Waals surface area contributed by atoms with Crippen molar-refractivity contribution in [2.45, 2.75) is 38.9 Å². The summed E-state index contributed by atoms with van der Waals surface area (Å²) in [6, 6.07) is 23.4. The van der Waals surface area contributed by atoms with Gasteiger partial charge in [-0.3, -0.25) is 0 Å². The number of thiophene rings is 1. The molecule has 3 heterocycles. The molecule has 1 aliphatic heterocycles. The second kappa shape index (κ2) is 6.46. The standard InChI is InChI=1S/C26H23BO3S/c1-25(2)26(3,4)30-27(29-25)23-15-17-14-16(12-13-22(17)31-23)18-9-7-10-20-19-8-5-6-11-21(19)28-24(18)20/h5-15H,1-4H3. The van der Waals surface area contributed by atoms with Crippen LogP contribution >= 0.6 is 11.3 Å². The summed E-state index contributed by atoms with van der Waals surface area (Å²) in [5, 5.41) is 3.50. The number of hydrogen-bond donors (Lipinski definition) is 0. The van der Waals surface area contributed by atoms with Crippen LogP contribution in [0, 0.1) is 0 Å². The lowest BCUT2D eigenvalue weighted by Crippen LogP contribution is -2.41. The third-order valence-electron chi connectivity index (χ3n) is 6.74. The molecule has 0 N–H and O–H groups in total. The fourth-order valence-corrected chi connectivity index (χ4v) is 5.29. The minimum Gasteiger partial charge on any atom is -0.455 e. The Kier molecular flexibility index (Phi) is 3.98. The maximum absolute atomic E-state index is 6.26. The average Bonchev–Trinajstić information content (AvgIpc) is 3.39. The van der Waals surface area contributed by atoms with Gasteiger partial charge < -0.3 is 13.7 Å². The van der Waals surface area contributed by atoms with E-state index in [1.807, 2.05) is 12.1 Å². The van der Waals surface area contributed by atoms with Gasteiger partial charge in [0.2, 0.25) is 0 Å². The van der Waals surface area contributed by atoms with E-state index in [0.717, 1.165) is 37.8 Å². The summed E-state index contributed by atoms with van der Waals surface area (Å²) in [6.45, 7) is 8.36. The summed E-state index contributed by atoms with van der Waals surface area (Å²) in [6.07, 6.45) is 0. The van der Waals surface area contributed by atoms with Gasteiger partial charge in [-0.1, -0.05) is 42.5 Å². The Morgan fingerprint density at radius 3 is 2.32 bits per heavy atom. The molecule has 0 bridgehead atoms. The predicted octanol–water partition coefficient (Wildman–Crippen LogP) is 6.77. The molecule has 0 unspecified atom stereocenters. The third-order valence-corrected chi connectivity index (χ3v) is 7.87. The quantitative estimate of drug-likeness (QED) is 0.292. The minimum atomic E-state index is -0.337. The van der Waals surface area contributed by atoms with Gasteiger partial charge in [0, 0.05) is 25.8 Å². The van der Waals surface area contributed by atoms with Crippen molar-refractivity contribution in [1.82, 2.24) is 0 Å². The normalized spacial score (nSPS) is 17.9. The number of fused-ring (bicyclic) bond motifs is 4. The van der Waals surface area contributed by atoms with Gasteiger partial charge in [0.1, 0.15) is 11.2 Å². The van der Waals surface area contributed by atoms with E-state index in [-0.39, 0.29) is 18.3 Å². The van der Waals surface area contributed by atoms with Crippen LogP contribution in [-0.2, 0) is 9.31 Å². The van der Waals surface area contributed by atoms with E-state index in [1.54, 1.807) is 11.3 Å². The van der Waals surface area contributed by atoms with Gasteiger partial charge in [-0.2, -0.15) is 0 Å². The zero-order valence-corrected chi connectivity index (χ0v) is 18.9. The molecular weight excluding hydrogens is 403 g/mol. The molecule has 1 aliphatic rings. The smallest absolute Gasteiger partial charge is 0.455 e. The van der Waals surface area contributed by atoms with Gasteiger partial charge in [-0.25, -0.2) is 0 Å². The van der Waals surface area contributed by atoms with Crippen LogP contribution in [-0.4, -0.2) is 18.3 Å². The molecule has 0 radical (unpaired) electrons. The van der Waals surface area contributed by atoms with Gasteiger partial charge in [0.15, 0.2) is 0 Å². The molecule has 5 aromatic rings. The molecule has 0 spiro atoms. The van der Waals surface area contributed by atoms with Gasteiger partial charge in [0.25, 0.3) is 0 Å². The van der Waals surface area contributed by atoms with Crippen LogP contribution in [0.15, 0.2) is 71.1 Å². The Morgan fingerprint density at radius 2 is 1.52 bits per heavy atom. The van der Waals surface area contributed by atoms with Crippen molar-refractivity contribution < 1.29 is 13.7 Å². The van der Waals surface area contributed by atoms with E-state index >= 15 is 0 Å². The van der Waals surface area contributed by atoms with Gasteiger partial charge in [-0.15, -0.1) is 11.3 Å². The highest BCUT2D eigenvalue weighted by atomic mass is 32.1. The summed E-state index contributed by atoms with van der Waals surface area (Å²) < 4.78 is 21.1. The van der Waals surface area contributed by atoms with E-state index in [9.17, 15) is 0 Å². The number of para-hydroxylation sites is 2. The van der Waals surface area contributed by atoms with E-state index in [2.05, 4.69) is 82.3 Å². The van der Waals surface area contributed by atoms with Gasteiger partial charge in [0.05, 0.1) is 11.2 Å². The van der Waals surface area contributed by atoms with Crippen LogP contribution in [0.3, 0.4) is 0 Å². The second-order valence-corrected chi connectivity index (χ2v) is 10.4. The highest BCUT2D eigenvalue weighted by molar-refractivity contribution is 7.28. The van der Waals surface area contributed by atoms with Crippen molar-refractivity contribution >= 4 is 55.3 Å². The van der Waals surface area contributed by atoms with Crippen LogP contribution in [0.1, 0.15) is 27.7 Å². The maximum atomic E-state index is 6.26. The first-order valence-electron chi connectivity index (χ1n) is 10.6. The summed E-state index contributed by atoms with van der Waals surface area (Å²) in [4.78, 5) is 0. The average molecular weight is 426 g/mol. The molecule has 154 valence electrons. The molecule has 3 nitrogen and oxygen atoms in total. The van der Waals surface area contributed by atoms with E-state index in [4.69, 9.17) is 13.7 Å². The van der Waals surface area contributed by atoms with Crippen LogP contribution in [0.25, 0.3) is 43.2 Å². The van der Waals surface area contributed by atoms with Crippen molar-refractivity contribution in [3.63, 3.8) is 0 Å². The fourth-order valence-electron chi connectivity index (χ4n) is 4.28. The van der Waals surface area contributed by atoms with E-state index < -0.39 is 0 Å². The SMILES string of the molecule is CC1(C)OB(c2cc3cc(-c4cccc5c4oc4ccccc45)ccc3s2)OC1(C)C. The summed E-state index contributed by atoms with van der Waals surface area (Å²) >= 11 is 1.73. The molecule has 1 saturated heterocycles. The third kappa shape index (κ3) is 2.88. The summed E-state index contributed by atoms with van der Waals surface area (Å²) in [5.74, 6) is 0. The van der Waals surface area contributed by atoms with Crippen LogP contribution in [0.2, 0.25) is 0 Å². The Balaban J connectivity index is 1.44. The van der Waals surface area contributed by atoms with Crippen molar-refractivity contribution in [1.29, 1.82) is 0 Å². The largest absolute Gasteiger partial charge is 0.505 e. The Labute approximate surface area is 185 Å². The fraction of sp³-hybridized carbons (Fsp3) is 0.231. The molecule has 0 atom stereocenters. The first-order chi connectivity index (χ1) is 14.8.